The van der Waals surface area contributed by atoms with Crippen LogP contribution in [0.2, 0.25) is 0 Å². The Morgan fingerprint density at radius 3 is 2.26 bits per heavy atom. The molecule has 1 saturated heterocycles. The summed E-state index contributed by atoms with van der Waals surface area (Å²) >= 11 is 0. The van der Waals surface area contributed by atoms with Crippen molar-refractivity contribution in [1.29, 1.82) is 0 Å². The highest BCUT2D eigenvalue weighted by atomic mass is 19.4. The molecule has 0 saturated carbocycles. The van der Waals surface area contributed by atoms with Gasteiger partial charge in [-0.15, -0.1) is 0 Å². The van der Waals surface area contributed by atoms with Crippen LogP contribution in [0.1, 0.15) is 35.6 Å². The van der Waals surface area contributed by atoms with Gasteiger partial charge in [-0.25, -0.2) is 4.79 Å². The lowest BCUT2D eigenvalue weighted by Gasteiger charge is -2.37. The van der Waals surface area contributed by atoms with E-state index in [-0.39, 0.29) is 18.0 Å². The molecule has 3 aliphatic heterocycles. The predicted molar refractivity (Wildman–Crippen MR) is 124 cm³/mol. The molecule has 2 aromatic rings. The summed E-state index contributed by atoms with van der Waals surface area (Å²) < 4.78 is 39.0. The van der Waals surface area contributed by atoms with Gasteiger partial charge in [0.1, 0.15) is 0 Å². The molecule has 9 heteroatoms. The first kappa shape index (κ1) is 23.4. The number of carbonyl (C=O) groups excluding carboxylic acids is 2. The van der Waals surface area contributed by atoms with Crippen molar-refractivity contribution in [3.63, 3.8) is 0 Å². The van der Waals surface area contributed by atoms with E-state index in [0.29, 0.717) is 23.4 Å². The van der Waals surface area contributed by atoms with Gasteiger partial charge in [0.2, 0.25) is 0 Å². The van der Waals surface area contributed by atoms with Gasteiger partial charge in [0, 0.05) is 32.7 Å². The summed E-state index contributed by atoms with van der Waals surface area (Å²) in [6, 6.07) is 13.8. The third-order valence-corrected chi connectivity index (χ3v) is 7.21. The van der Waals surface area contributed by atoms with Gasteiger partial charge in [-0.05, 0) is 36.1 Å². The molecule has 184 valence electrons. The first-order valence-electron chi connectivity index (χ1n) is 11.7. The molecule has 3 heterocycles. The molecule has 1 atom stereocenters. The van der Waals surface area contributed by atoms with Crippen molar-refractivity contribution in [3.8, 4) is 0 Å². The topological polar surface area (TPSA) is 55.9 Å². The standard InChI is InChI=1S/C26H27F3N4O2/c1-31-21-16-33(20-11-13-32(14-12-20)15-17-5-3-2-4-6-17)24(34)22(21)23(30-25(31)35)18-7-9-19(10-8-18)26(27,28)29/h2-10,20,23H,11-16H2,1H3,(H,30,35). The van der Waals surface area contributed by atoms with Crippen LogP contribution in [0.3, 0.4) is 0 Å². The number of halogens is 3. The fraction of sp³-hybridized carbons (Fsp3) is 0.385. The van der Waals surface area contributed by atoms with E-state index in [0.717, 1.165) is 44.6 Å². The molecule has 1 unspecified atom stereocenters. The zero-order valence-corrected chi connectivity index (χ0v) is 19.4. The Morgan fingerprint density at radius 1 is 0.971 bits per heavy atom. The highest BCUT2D eigenvalue weighted by Gasteiger charge is 2.45. The first-order valence-corrected chi connectivity index (χ1v) is 11.7. The van der Waals surface area contributed by atoms with E-state index < -0.39 is 17.8 Å². The summed E-state index contributed by atoms with van der Waals surface area (Å²) in [4.78, 5) is 31.8. The number of nitrogens with one attached hydrogen (secondary N) is 1. The normalized spacial score (nSPS) is 22.0. The maximum Gasteiger partial charge on any atom is 0.416 e. The minimum Gasteiger partial charge on any atom is -0.330 e. The molecule has 0 bridgehead atoms. The van der Waals surface area contributed by atoms with Crippen LogP contribution in [-0.4, -0.2) is 59.4 Å². The molecule has 1 N–H and O–H groups in total. The van der Waals surface area contributed by atoms with Crippen LogP contribution in [0.25, 0.3) is 0 Å². The second-order valence-electron chi connectivity index (χ2n) is 9.35. The Kier molecular flexibility index (Phi) is 6.04. The Morgan fingerprint density at radius 2 is 1.63 bits per heavy atom. The zero-order chi connectivity index (χ0) is 24.7. The maximum absolute atomic E-state index is 13.6. The summed E-state index contributed by atoms with van der Waals surface area (Å²) in [5.74, 6) is -0.154. The van der Waals surface area contributed by atoms with Crippen LogP contribution >= 0.6 is 0 Å². The van der Waals surface area contributed by atoms with Crippen molar-refractivity contribution in [3.05, 3.63) is 82.6 Å². The average Bonchev–Trinajstić information content (AvgIpc) is 3.19. The Bertz CT molecular complexity index is 1140. The molecule has 0 aromatic heterocycles. The lowest BCUT2D eigenvalue weighted by Crippen LogP contribution is -2.46. The molecule has 5 rings (SSSR count). The molecular weight excluding hydrogens is 457 g/mol. The highest BCUT2D eigenvalue weighted by molar-refractivity contribution is 6.01. The Balaban J connectivity index is 1.31. The van der Waals surface area contributed by atoms with Crippen LogP contribution in [-0.2, 0) is 17.5 Å². The summed E-state index contributed by atoms with van der Waals surface area (Å²) in [5, 5.41) is 2.79. The van der Waals surface area contributed by atoms with Gasteiger partial charge in [-0.3, -0.25) is 14.6 Å². The van der Waals surface area contributed by atoms with E-state index in [4.69, 9.17) is 0 Å². The number of nitrogens with zero attached hydrogens (tertiary/aromatic N) is 3. The van der Waals surface area contributed by atoms with Crippen molar-refractivity contribution in [2.45, 2.75) is 37.6 Å². The van der Waals surface area contributed by atoms with Gasteiger partial charge < -0.3 is 10.2 Å². The zero-order valence-electron chi connectivity index (χ0n) is 19.4. The van der Waals surface area contributed by atoms with E-state index in [2.05, 4.69) is 22.3 Å². The number of amides is 3. The van der Waals surface area contributed by atoms with Gasteiger partial charge in [-0.1, -0.05) is 42.5 Å². The third kappa shape index (κ3) is 4.52. The van der Waals surface area contributed by atoms with Gasteiger partial charge in [-0.2, -0.15) is 13.2 Å². The van der Waals surface area contributed by atoms with Crippen molar-refractivity contribution in [1.82, 2.24) is 20.0 Å². The maximum atomic E-state index is 13.6. The Labute approximate surface area is 202 Å². The Hall–Kier alpha value is -3.33. The smallest absolute Gasteiger partial charge is 0.330 e. The molecule has 35 heavy (non-hydrogen) atoms. The number of alkyl halides is 3. The average molecular weight is 485 g/mol. The number of hydrogen-bond acceptors (Lipinski definition) is 3. The lowest BCUT2D eigenvalue weighted by molar-refractivity contribution is -0.137. The van der Waals surface area contributed by atoms with E-state index in [1.807, 2.05) is 23.1 Å². The molecular formula is C26H27F3N4O2. The number of piperidine rings is 1. The molecule has 6 nitrogen and oxygen atoms in total. The van der Waals surface area contributed by atoms with E-state index in [1.54, 1.807) is 7.05 Å². The van der Waals surface area contributed by atoms with Gasteiger partial charge in [0.05, 0.1) is 29.4 Å². The SMILES string of the molecule is CN1C(=O)NC(c2ccc(C(F)(F)F)cc2)C2=C1CN(C1CCN(Cc3ccccc3)CC1)C2=O. The highest BCUT2D eigenvalue weighted by Crippen LogP contribution is 2.38. The van der Waals surface area contributed by atoms with E-state index >= 15 is 0 Å². The van der Waals surface area contributed by atoms with Crippen LogP contribution in [0.5, 0.6) is 0 Å². The fourth-order valence-electron chi connectivity index (χ4n) is 5.23. The third-order valence-electron chi connectivity index (χ3n) is 7.21. The van der Waals surface area contributed by atoms with Crippen LogP contribution < -0.4 is 5.32 Å². The second-order valence-corrected chi connectivity index (χ2v) is 9.35. The number of benzene rings is 2. The molecule has 2 aromatic carbocycles. The van der Waals surface area contributed by atoms with E-state index in [1.165, 1.54) is 22.6 Å². The van der Waals surface area contributed by atoms with Crippen LogP contribution in [0.4, 0.5) is 18.0 Å². The minimum absolute atomic E-state index is 0.0527. The van der Waals surface area contributed by atoms with Gasteiger partial charge in [0.15, 0.2) is 0 Å². The van der Waals surface area contributed by atoms with Crippen molar-refractivity contribution >= 4 is 11.9 Å². The largest absolute Gasteiger partial charge is 0.416 e. The number of urea groups is 1. The second kappa shape index (κ2) is 9.03. The number of rotatable bonds is 4. The van der Waals surface area contributed by atoms with Crippen molar-refractivity contribution < 1.29 is 22.8 Å². The number of likely N-dealkylation sites (N-methyl/N-ethyl adjacent to an activating group) is 1. The van der Waals surface area contributed by atoms with Crippen molar-refractivity contribution in [2.24, 2.45) is 0 Å². The van der Waals surface area contributed by atoms with Crippen LogP contribution in [0.15, 0.2) is 65.9 Å². The summed E-state index contributed by atoms with van der Waals surface area (Å²) in [6.45, 7) is 2.93. The predicted octanol–water partition coefficient (Wildman–Crippen LogP) is 4.16. The van der Waals surface area contributed by atoms with Gasteiger partial charge >= 0.3 is 12.2 Å². The molecule has 1 fully saturated rings. The summed E-state index contributed by atoms with van der Waals surface area (Å²) in [6.07, 6.45) is -2.79. The molecule has 0 spiro atoms. The first-order chi connectivity index (χ1) is 16.7. The monoisotopic (exact) mass is 484 g/mol. The van der Waals surface area contributed by atoms with E-state index in [9.17, 15) is 22.8 Å². The number of hydrogen-bond donors (Lipinski definition) is 1. The molecule has 3 aliphatic rings. The molecule has 0 radical (unpaired) electrons. The van der Waals surface area contributed by atoms with Crippen molar-refractivity contribution in [2.75, 3.05) is 26.7 Å². The number of likely N-dealkylation sites (tertiary alicyclic amines) is 1. The molecule has 3 amide bonds. The van der Waals surface area contributed by atoms with Gasteiger partial charge in [0.25, 0.3) is 5.91 Å². The summed E-state index contributed by atoms with van der Waals surface area (Å²) in [5.41, 5.74) is 2.01. The van der Waals surface area contributed by atoms with Crippen LogP contribution in [0, 0.1) is 0 Å². The lowest BCUT2D eigenvalue weighted by atomic mass is 9.94. The number of carbonyl (C=O) groups is 2. The quantitative estimate of drug-likeness (QED) is 0.709. The summed E-state index contributed by atoms with van der Waals surface area (Å²) in [7, 11) is 1.62. The fourth-order valence-corrected chi connectivity index (χ4v) is 5.23. The molecule has 0 aliphatic carbocycles. The minimum atomic E-state index is -4.45.